The summed E-state index contributed by atoms with van der Waals surface area (Å²) in [6.45, 7) is 9.43. The van der Waals surface area contributed by atoms with Crippen LogP contribution in [0.4, 0.5) is 5.69 Å². The van der Waals surface area contributed by atoms with Crippen molar-refractivity contribution in [1.29, 1.82) is 0 Å². The molecule has 0 aromatic carbocycles. The molecule has 0 aliphatic heterocycles. The lowest BCUT2D eigenvalue weighted by Crippen LogP contribution is -2.29. The summed E-state index contributed by atoms with van der Waals surface area (Å²) in [5.74, 6) is 0. The highest BCUT2D eigenvalue weighted by Gasteiger charge is 2.02. The highest BCUT2D eigenvalue weighted by atomic mass is 16.1. The van der Waals surface area contributed by atoms with Crippen LogP contribution in [0.1, 0.15) is 27.7 Å². The van der Waals surface area contributed by atoms with Crippen molar-refractivity contribution in [2.75, 3.05) is 25.0 Å². The van der Waals surface area contributed by atoms with E-state index in [1.165, 1.54) is 0 Å². The molecule has 0 saturated carbocycles. The van der Waals surface area contributed by atoms with Crippen LogP contribution in [0.5, 0.6) is 0 Å². The van der Waals surface area contributed by atoms with Crippen LogP contribution in [-0.4, -0.2) is 31.5 Å². The Bertz CT molecular complexity index is 252. The molecule has 0 saturated heterocycles. The molecule has 0 bridgehead atoms. The lowest BCUT2D eigenvalue weighted by Gasteiger charge is -2.15. The van der Waals surface area contributed by atoms with Crippen molar-refractivity contribution >= 4 is 12.1 Å². The minimum absolute atomic E-state index is 0.658. The molecule has 0 aliphatic carbocycles. The van der Waals surface area contributed by atoms with E-state index in [9.17, 15) is 4.79 Å². The quantitative estimate of drug-likeness (QED) is 0.802. The summed E-state index contributed by atoms with van der Waals surface area (Å²) in [6.07, 6.45) is 4.17. The second-order valence-electron chi connectivity index (χ2n) is 2.61. The predicted octanol–water partition coefficient (Wildman–Crippen LogP) is 2.32. The summed E-state index contributed by atoms with van der Waals surface area (Å²) in [5, 5.41) is 2.98. The number of hydrogen-bond acceptors (Lipinski definition) is 3. The Morgan fingerprint density at radius 2 is 2.00 bits per heavy atom. The molecule has 1 aromatic rings. The number of hydrogen-bond donors (Lipinski definition) is 1. The number of nitrogens with zero attached hydrogens (tertiary/aromatic N) is 2. The third kappa shape index (κ3) is 8.39. The van der Waals surface area contributed by atoms with E-state index in [2.05, 4.69) is 10.3 Å². The third-order valence-electron chi connectivity index (χ3n) is 1.71. The van der Waals surface area contributed by atoms with E-state index in [1.807, 2.05) is 46.9 Å². The molecule has 0 spiro atoms. The normalized spacial score (nSPS) is 8.06. The van der Waals surface area contributed by atoms with Crippen molar-refractivity contribution < 1.29 is 4.79 Å². The van der Waals surface area contributed by atoms with Crippen molar-refractivity contribution in [3.63, 3.8) is 0 Å². The summed E-state index contributed by atoms with van der Waals surface area (Å²) >= 11 is 0. The van der Waals surface area contributed by atoms with Gasteiger partial charge in [-0.25, -0.2) is 0 Å². The predicted molar refractivity (Wildman–Crippen MR) is 74.3 cm³/mol. The van der Waals surface area contributed by atoms with Gasteiger partial charge in [-0.2, -0.15) is 0 Å². The van der Waals surface area contributed by atoms with Gasteiger partial charge in [0.25, 0.3) is 0 Å². The molecule has 17 heavy (non-hydrogen) atoms. The van der Waals surface area contributed by atoms with Crippen LogP contribution in [0.25, 0.3) is 0 Å². The Kier molecular flexibility index (Phi) is 15.4. The van der Waals surface area contributed by atoms with Crippen LogP contribution in [0, 0.1) is 0 Å². The van der Waals surface area contributed by atoms with E-state index in [1.54, 1.807) is 17.3 Å². The van der Waals surface area contributed by atoms with Gasteiger partial charge in [0.1, 0.15) is 0 Å². The monoisotopic (exact) mass is 239 g/mol. The number of likely N-dealkylation sites (N-methyl/N-ethyl adjacent to an activating group) is 1. The first-order chi connectivity index (χ1) is 8.38. The molecular formula is C13H25N3O. The minimum Gasteiger partial charge on any atom is -0.318 e. The van der Waals surface area contributed by atoms with E-state index in [0.717, 1.165) is 18.6 Å². The number of anilines is 1. The van der Waals surface area contributed by atoms with Crippen molar-refractivity contribution in [3.05, 3.63) is 24.5 Å². The number of carbonyl (C=O) groups excluding carboxylic acids is 1. The first-order valence-electron chi connectivity index (χ1n) is 6.15. The molecule has 98 valence electrons. The van der Waals surface area contributed by atoms with Gasteiger partial charge in [0, 0.05) is 19.3 Å². The highest BCUT2D eigenvalue weighted by Crippen LogP contribution is 2.07. The number of rotatable bonds is 5. The molecule has 0 radical (unpaired) electrons. The molecule has 0 fully saturated rings. The van der Waals surface area contributed by atoms with Gasteiger partial charge in [-0.3, -0.25) is 9.78 Å². The van der Waals surface area contributed by atoms with Gasteiger partial charge >= 0.3 is 0 Å². The number of aromatic nitrogens is 1. The van der Waals surface area contributed by atoms with Crippen molar-refractivity contribution in [3.8, 4) is 0 Å². The Labute approximate surface area is 105 Å². The highest BCUT2D eigenvalue weighted by molar-refractivity contribution is 5.74. The van der Waals surface area contributed by atoms with Crippen LogP contribution in [0.3, 0.4) is 0 Å². The Hall–Kier alpha value is -1.42. The third-order valence-corrected chi connectivity index (χ3v) is 1.71. The lowest BCUT2D eigenvalue weighted by molar-refractivity contribution is -0.107. The van der Waals surface area contributed by atoms with E-state index in [4.69, 9.17) is 0 Å². The van der Waals surface area contributed by atoms with E-state index < -0.39 is 0 Å². The lowest BCUT2D eigenvalue weighted by atomic mass is 10.4. The van der Waals surface area contributed by atoms with E-state index >= 15 is 0 Å². The Morgan fingerprint density at radius 3 is 2.41 bits per heavy atom. The van der Waals surface area contributed by atoms with Crippen LogP contribution < -0.4 is 10.2 Å². The molecule has 1 heterocycles. The summed E-state index contributed by atoms with van der Waals surface area (Å²) < 4.78 is 0. The SMILES string of the molecule is CC.CC.CNCCN(C=O)c1cccnc1. The Morgan fingerprint density at radius 1 is 1.35 bits per heavy atom. The standard InChI is InChI=1S/C9H13N3O.2C2H6/c1-10-5-6-12(8-13)9-3-2-4-11-7-9;2*1-2/h2-4,7-8,10H,5-6H2,1H3;2*1-2H3. The summed E-state index contributed by atoms with van der Waals surface area (Å²) in [5.41, 5.74) is 0.827. The fraction of sp³-hybridized carbons (Fsp3) is 0.538. The fourth-order valence-electron chi connectivity index (χ4n) is 0.999. The molecule has 4 nitrogen and oxygen atoms in total. The summed E-state index contributed by atoms with van der Waals surface area (Å²) in [6, 6.07) is 3.67. The van der Waals surface area contributed by atoms with Gasteiger partial charge < -0.3 is 10.2 Å². The van der Waals surface area contributed by atoms with Gasteiger partial charge in [-0.05, 0) is 19.2 Å². The maximum atomic E-state index is 10.7. The zero-order chi connectivity index (χ0) is 13.5. The molecule has 0 atom stereocenters. The number of pyridine rings is 1. The molecule has 0 aliphatic rings. The zero-order valence-corrected chi connectivity index (χ0v) is 11.6. The Balaban J connectivity index is 0. The number of nitrogens with one attached hydrogen (secondary N) is 1. The molecule has 1 aromatic heterocycles. The zero-order valence-electron chi connectivity index (χ0n) is 11.6. The number of amides is 1. The summed E-state index contributed by atoms with van der Waals surface area (Å²) in [4.78, 5) is 16.2. The molecule has 1 rings (SSSR count). The van der Waals surface area contributed by atoms with Gasteiger partial charge in [-0.15, -0.1) is 0 Å². The maximum Gasteiger partial charge on any atom is 0.214 e. The van der Waals surface area contributed by atoms with Crippen LogP contribution in [0.2, 0.25) is 0 Å². The summed E-state index contributed by atoms with van der Waals surface area (Å²) in [7, 11) is 1.85. The van der Waals surface area contributed by atoms with Crippen molar-refractivity contribution in [2.45, 2.75) is 27.7 Å². The maximum absolute atomic E-state index is 10.7. The average molecular weight is 239 g/mol. The minimum atomic E-state index is 0.658. The molecular weight excluding hydrogens is 214 g/mol. The molecule has 4 heteroatoms. The largest absolute Gasteiger partial charge is 0.318 e. The topological polar surface area (TPSA) is 45.2 Å². The molecule has 1 amide bonds. The average Bonchev–Trinajstić information content (AvgIpc) is 2.45. The second kappa shape index (κ2) is 14.6. The first kappa shape index (κ1) is 18.0. The van der Waals surface area contributed by atoms with E-state index in [-0.39, 0.29) is 0 Å². The van der Waals surface area contributed by atoms with Gasteiger partial charge in [-0.1, -0.05) is 27.7 Å². The smallest absolute Gasteiger partial charge is 0.214 e. The van der Waals surface area contributed by atoms with Crippen LogP contribution in [0.15, 0.2) is 24.5 Å². The van der Waals surface area contributed by atoms with Gasteiger partial charge in [0.2, 0.25) is 6.41 Å². The van der Waals surface area contributed by atoms with Crippen molar-refractivity contribution in [2.24, 2.45) is 0 Å². The van der Waals surface area contributed by atoms with Gasteiger partial charge in [0.15, 0.2) is 0 Å². The fourth-order valence-corrected chi connectivity index (χ4v) is 0.999. The number of carbonyl (C=O) groups is 1. The van der Waals surface area contributed by atoms with Crippen LogP contribution >= 0.6 is 0 Å². The molecule has 0 unspecified atom stereocenters. The van der Waals surface area contributed by atoms with Crippen LogP contribution in [-0.2, 0) is 4.79 Å². The molecule has 1 N–H and O–H groups in total. The first-order valence-corrected chi connectivity index (χ1v) is 6.15. The second-order valence-corrected chi connectivity index (χ2v) is 2.61. The van der Waals surface area contributed by atoms with E-state index in [0.29, 0.717) is 6.54 Å². The van der Waals surface area contributed by atoms with Gasteiger partial charge in [0.05, 0.1) is 11.9 Å². The van der Waals surface area contributed by atoms with Crippen molar-refractivity contribution in [1.82, 2.24) is 10.3 Å².